The van der Waals surface area contributed by atoms with E-state index >= 15 is 0 Å². The highest BCUT2D eigenvalue weighted by atomic mass is 32.2. The fourth-order valence-electron chi connectivity index (χ4n) is 7.84. The van der Waals surface area contributed by atoms with Gasteiger partial charge >= 0.3 is 0 Å². The maximum absolute atomic E-state index is 14.6. The first-order valence-electron chi connectivity index (χ1n) is 18.6. The van der Waals surface area contributed by atoms with Gasteiger partial charge in [-0.05, 0) is 68.0 Å². The fraction of sp³-hybridized carbons (Fsp3) is 0.436. The lowest BCUT2D eigenvalue weighted by Crippen LogP contribution is -2.52. The summed E-state index contributed by atoms with van der Waals surface area (Å²) in [5.74, 6) is -2.09. The van der Waals surface area contributed by atoms with E-state index in [9.17, 15) is 27.6 Å². The minimum absolute atomic E-state index is 0.0155. The number of hydrogen-bond acceptors (Lipinski definition) is 11. The molecule has 2 aliphatic heterocycles. The number of carbonyl (C=O) groups is 4. The Morgan fingerprint density at radius 1 is 0.926 bits per heavy atom. The van der Waals surface area contributed by atoms with E-state index in [1.54, 1.807) is 6.20 Å². The van der Waals surface area contributed by atoms with Gasteiger partial charge in [0, 0.05) is 42.2 Å². The van der Waals surface area contributed by atoms with Crippen LogP contribution in [-0.2, 0) is 24.4 Å². The van der Waals surface area contributed by atoms with Gasteiger partial charge in [0.2, 0.25) is 27.7 Å². The number of ether oxygens (including phenoxy) is 1. The molecule has 1 saturated heterocycles. The molecule has 2 aliphatic carbocycles. The highest BCUT2D eigenvalue weighted by Crippen LogP contribution is 2.57. The van der Waals surface area contributed by atoms with Gasteiger partial charge in [-0.25, -0.2) is 18.4 Å². The molecule has 5 heterocycles. The maximum atomic E-state index is 14.6. The van der Waals surface area contributed by atoms with E-state index < -0.39 is 56.6 Å². The van der Waals surface area contributed by atoms with Crippen LogP contribution in [0.4, 0.5) is 0 Å². The SMILES string of the molecule is O=C(N[C@H]1CCCCC/C=C\[C@@H]2C[C@@]2(C(=O)NS(=O)(=O)C2CC2)CC(=O)[C@@H]2C[C@@H](Oc3nc4ncccc4c4ccccc34)CN2C1=O)c1cnccn1. The molecule has 4 aromatic rings. The van der Waals surface area contributed by atoms with Gasteiger partial charge in [0.25, 0.3) is 5.91 Å². The first-order valence-corrected chi connectivity index (χ1v) is 20.1. The number of carbonyl (C=O) groups excluding carboxylic acids is 4. The van der Waals surface area contributed by atoms with Gasteiger partial charge in [-0.3, -0.25) is 28.9 Å². The standard InChI is InChI=1S/C39H41N7O7S/c47-33-21-39(38(50)45-54(51,52)26-14-15-26)20-24(39)9-4-2-1-3-5-13-30(43-35(48)31-22-40-17-18-41-31)37(49)46-23-25(19-32(33)46)53-36-29-11-7-6-10-27(29)28-12-8-16-42-34(28)44-36/h4,6-12,16-18,22,24-26,30,32H,1-3,5,13-15,19-21,23H2,(H,43,48)(H,45,50)/b9-4-/t24-,25-,30+,32+,39-/m1/s1. The monoisotopic (exact) mass is 751 g/mol. The number of sulfonamides is 1. The van der Waals surface area contributed by atoms with Crippen molar-refractivity contribution < 1.29 is 32.3 Å². The van der Waals surface area contributed by atoms with Crippen molar-refractivity contribution in [1.29, 1.82) is 0 Å². The molecule has 54 heavy (non-hydrogen) atoms. The van der Waals surface area contributed by atoms with Gasteiger partial charge in [0.15, 0.2) is 11.4 Å². The first-order chi connectivity index (χ1) is 26.1. The normalized spacial score (nSPS) is 26.9. The van der Waals surface area contributed by atoms with E-state index in [-0.39, 0.29) is 36.8 Å². The Kier molecular flexibility index (Phi) is 9.58. The van der Waals surface area contributed by atoms with Crippen molar-refractivity contribution in [3.05, 3.63) is 79.0 Å². The Morgan fingerprint density at radius 2 is 1.74 bits per heavy atom. The number of amides is 3. The predicted molar refractivity (Wildman–Crippen MR) is 197 cm³/mol. The molecule has 0 bridgehead atoms. The summed E-state index contributed by atoms with van der Waals surface area (Å²) in [6.45, 7) is 0.0155. The summed E-state index contributed by atoms with van der Waals surface area (Å²) in [5.41, 5.74) is -0.719. The van der Waals surface area contributed by atoms with Gasteiger partial charge in [0.05, 0.1) is 29.4 Å². The maximum Gasteiger partial charge on any atom is 0.272 e. The van der Waals surface area contributed by atoms with Crippen molar-refractivity contribution in [2.45, 2.75) is 87.6 Å². The molecule has 1 aromatic carbocycles. The summed E-state index contributed by atoms with van der Waals surface area (Å²) in [6, 6.07) is 9.43. The average molecular weight is 752 g/mol. The second-order valence-electron chi connectivity index (χ2n) is 14.8. The number of allylic oxidation sites excluding steroid dienone is 2. The highest BCUT2D eigenvalue weighted by Gasteiger charge is 2.61. The molecule has 3 aromatic heterocycles. The van der Waals surface area contributed by atoms with Crippen molar-refractivity contribution in [1.82, 2.24) is 34.9 Å². The summed E-state index contributed by atoms with van der Waals surface area (Å²) in [4.78, 5) is 75.0. The third-order valence-electron chi connectivity index (χ3n) is 11.0. The number of nitrogens with one attached hydrogen (secondary N) is 2. The third-order valence-corrected chi connectivity index (χ3v) is 12.9. The van der Waals surface area contributed by atoms with Crippen LogP contribution in [0.25, 0.3) is 21.8 Å². The Hall–Kier alpha value is -5.31. The number of nitrogens with zero attached hydrogens (tertiary/aromatic N) is 5. The van der Waals surface area contributed by atoms with Crippen LogP contribution in [0.3, 0.4) is 0 Å². The number of benzene rings is 1. The zero-order valence-corrected chi connectivity index (χ0v) is 30.4. The molecule has 3 fully saturated rings. The Balaban J connectivity index is 1.12. The van der Waals surface area contributed by atoms with Gasteiger partial charge in [-0.15, -0.1) is 0 Å². The molecule has 5 atom stereocenters. The van der Waals surface area contributed by atoms with Crippen LogP contribution in [0, 0.1) is 11.3 Å². The van der Waals surface area contributed by atoms with Crippen LogP contribution in [0.15, 0.2) is 73.3 Å². The zero-order valence-electron chi connectivity index (χ0n) is 29.6. The van der Waals surface area contributed by atoms with Crippen LogP contribution in [0.5, 0.6) is 5.88 Å². The number of fused-ring (bicyclic) bond motifs is 5. The molecule has 8 rings (SSSR count). The molecule has 14 nitrogen and oxygen atoms in total. The highest BCUT2D eigenvalue weighted by molar-refractivity contribution is 7.90. The summed E-state index contributed by atoms with van der Waals surface area (Å²) >= 11 is 0. The van der Waals surface area contributed by atoms with Gasteiger partial charge in [-0.1, -0.05) is 43.2 Å². The number of ketones is 1. The van der Waals surface area contributed by atoms with Crippen molar-refractivity contribution >= 4 is 55.3 Å². The lowest BCUT2D eigenvalue weighted by Gasteiger charge is -2.29. The lowest BCUT2D eigenvalue weighted by molar-refractivity contribution is -0.140. The number of hydrogen-bond donors (Lipinski definition) is 2. The molecule has 0 unspecified atom stereocenters. The second-order valence-corrected chi connectivity index (χ2v) is 16.7. The molecule has 3 amide bonds. The van der Waals surface area contributed by atoms with Gasteiger partial charge in [0.1, 0.15) is 17.8 Å². The predicted octanol–water partition coefficient (Wildman–Crippen LogP) is 3.81. The molecular weight excluding hydrogens is 711 g/mol. The van der Waals surface area contributed by atoms with Crippen LogP contribution < -0.4 is 14.8 Å². The number of aromatic nitrogens is 4. The fourth-order valence-corrected chi connectivity index (χ4v) is 9.23. The van der Waals surface area contributed by atoms with Gasteiger partial charge in [-0.2, -0.15) is 4.98 Å². The smallest absolute Gasteiger partial charge is 0.272 e. The van der Waals surface area contributed by atoms with Crippen LogP contribution in [-0.4, -0.2) is 86.7 Å². The minimum atomic E-state index is -3.86. The summed E-state index contributed by atoms with van der Waals surface area (Å²) in [7, 11) is -3.86. The zero-order chi connectivity index (χ0) is 37.5. The van der Waals surface area contributed by atoms with E-state index in [1.807, 2.05) is 48.6 Å². The Morgan fingerprint density at radius 3 is 2.54 bits per heavy atom. The summed E-state index contributed by atoms with van der Waals surface area (Å²) in [5, 5.41) is 4.73. The van der Waals surface area contributed by atoms with Crippen LogP contribution in [0.1, 0.15) is 74.7 Å². The molecule has 280 valence electrons. The van der Waals surface area contributed by atoms with E-state index in [0.29, 0.717) is 50.1 Å². The van der Waals surface area contributed by atoms with Crippen LogP contribution >= 0.6 is 0 Å². The lowest BCUT2D eigenvalue weighted by atomic mass is 9.91. The average Bonchev–Trinajstić information content (AvgIpc) is 4.11. The summed E-state index contributed by atoms with van der Waals surface area (Å²) in [6.07, 6.45) is 13.4. The minimum Gasteiger partial charge on any atom is -0.472 e. The van der Waals surface area contributed by atoms with E-state index in [1.165, 1.54) is 23.5 Å². The van der Waals surface area contributed by atoms with Crippen molar-refractivity contribution in [2.75, 3.05) is 6.54 Å². The van der Waals surface area contributed by atoms with Crippen molar-refractivity contribution in [3.63, 3.8) is 0 Å². The molecule has 0 spiro atoms. The van der Waals surface area contributed by atoms with Crippen molar-refractivity contribution in [2.24, 2.45) is 11.3 Å². The largest absolute Gasteiger partial charge is 0.472 e. The molecule has 4 aliphatic rings. The van der Waals surface area contributed by atoms with Gasteiger partial charge < -0.3 is 15.0 Å². The molecule has 2 N–H and O–H groups in total. The van der Waals surface area contributed by atoms with E-state index in [2.05, 4.69) is 25.0 Å². The van der Waals surface area contributed by atoms with E-state index in [4.69, 9.17) is 9.72 Å². The molecule has 0 radical (unpaired) electrons. The quantitative estimate of drug-likeness (QED) is 0.206. The number of pyridine rings is 2. The first kappa shape index (κ1) is 35.7. The summed E-state index contributed by atoms with van der Waals surface area (Å²) < 4.78 is 34.6. The number of Topliss-reactive ketones (excluding diaryl/α,β-unsaturated/α-hetero) is 1. The molecular formula is C39H41N7O7S. The third kappa shape index (κ3) is 7.16. The molecule has 15 heteroatoms. The number of rotatable bonds is 7. The topological polar surface area (TPSA) is 191 Å². The Labute approximate surface area is 312 Å². The van der Waals surface area contributed by atoms with Crippen LogP contribution in [0.2, 0.25) is 0 Å². The molecule has 2 saturated carbocycles. The Bertz CT molecular complexity index is 2270. The second kappa shape index (κ2) is 14.5. The van der Waals surface area contributed by atoms with E-state index in [0.717, 1.165) is 29.0 Å². The van der Waals surface area contributed by atoms with Crippen molar-refractivity contribution in [3.8, 4) is 5.88 Å².